The number of halogens is 1. The number of benzene rings is 2. The molecule has 0 saturated carbocycles. The maximum absolute atomic E-state index is 13.1. The predicted octanol–water partition coefficient (Wildman–Crippen LogP) is 2.79. The van der Waals surface area contributed by atoms with E-state index in [-0.39, 0.29) is 12.0 Å². The van der Waals surface area contributed by atoms with E-state index in [0.717, 1.165) is 0 Å². The average molecular weight is 347 g/mol. The quantitative estimate of drug-likeness (QED) is 0.804. The van der Waals surface area contributed by atoms with Crippen molar-refractivity contribution >= 4 is 11.9 Å². The Bertz CT molecular complexity index is 761. The molecule has 1 amide bonds. The number of hydrogen-bond donors (Lipinski definition) is 2. The van der Waals surface area contributed by atoms with Gasteiger partial charge in [0.05, 0.1) is 32.2 Å². The molecule has 0 aliphatic heterocycles. The minimum Gasteiger partial charge on any atom is -0.497 e. The van der Waals surface area contributed by atoms with Crippen molar-refractivity contribution in [2.24, 2.45) is 0 Å². The second-order valence-corrected chi connectivity index (χ2v) is 5.24. The summed E-state index contributed by atoms with van der Waals surface area (Å²) in [5, 5.41) is 11.7. The lowest BCUT2D eigenvalue weighted by atomic mass is 10.0. The van der Waals surface area contributed by atoms with Gasteiger partial charge in [-0.1, -0.05) is 12.1 Å². The number of nitrogens with one attached hydrogen (secondary N) is 1. The number of methoxy groups -OCH3 is 2. The Kier molecular flexibility index (Phi) is 5.94. The summed E-state index contributed by atoms with van der Waals surface area (Å²) in [6.45, 7) is 0. The van der Waals surface area contributed by atoms with E-state index in [1.807, 2.05) is 0 Å². The summed E-state index contributed by atoms with van der Waals surface area (Å²) >= 11 is 0. The summed E-state index contributed by atoms with van der Waals surface area (Å²) < 4.78 is 23.3. The third-order valence-electron chi connectivity index (χ3n) is 3.61. The fourth-order valence-electron chi connectivity index (χ4n) is 2.34. The number of ether oxygens (including phenoxy) is 2. The van der Waals surface area contributed by atoms with E-state index in [1.165, 1.54) is 44.6 Å². The molecule has 0 aliphatic carbocycles. The Balaban J connectivity index is 2.27. The smallest absolute Gasteiger partial charge is 0.305 e. The second kappa shape index (κ2) is 8.14. The monoisotopic (exact) mass is 347 g/mol. The summed E-state index contributed by atoms with van der Waals surface area (Å²) in [5.74, 6) is -1.22. The molecule has 132 valence electrons. The van der Waals surface area contributed by atoms with Crippen LogP contribution in [0.3, 0.4) is 0 Å². The third-order valence-corrected chi connectivity index (χ3v) is 3.61. The number of carboxylic acids is 1. The molecule has 2 N–H and O–H groups in total. The molecule has 7 heteroatoms. The minimum atomic E-state index is -1.09. The van der Waals surface area contributed by atoms with Gasteiger partial charge in [-0.3, -0.25) is 9.59 Å². The van der Waals surface area contributed by atoms with Crippen LogP contribution in [0.2, 0.25) is 0 Å². The van der Waals surface area contributed by atoms with E-state index in [0.29, 0.717) is 17.1 Å². The van der Waals surface area contributed by atoms with E-state index in [4.69, 9.17) is 14.6 Å². The van der Waals surface area contributed by atoms with Gasteiger partial charge in [-0.2, -0.15) is 0 Å². The van der Waals surface area contributed by atoms with Crippen molar-refractivity contribution in [1.82, 2.24) is 5.32 Å². The molecule has 0 aliphatic rings. The zero-order valence-electron chi connectivity index (χ0n) is 13.8. The Morgan fingerprint density at radius 3 is 2.36 bits per heavy atom. The maximum atomic E-state index is 13.1. The SMILES string of the molecule is COc1ccc(C(=O)N[C@H](CC(=O)O)c2ccc(F)cc2)c(OC)c1. The van der Waals surface area contributed by atoms with Crippen LogP contribution in [0.1, 0.15) is 28.4 Å². The molecule has 0 fully saturated rings. The van der Waals surface area contributed by atoms with Crippen LogP contribution < -0.4 is 14.8 Å². The minimum absolute atomic E-state index is 0.237. The van der Waals surface area contributed by atoms with Crippen LogP contribution in [0.4, 0.5) is 4.39 Å². The number of aliphatic carboxylic acids is 1. The van der Waals surface area contributed by atoms with Gasteiger partial charge in [-0.25, -0.2) is 4.39 Å². The topological polar surface area (TPSA) is 84.9 Å². The fourth-order valence-corrected chi connectivity index (χ4v) is 2.34. The van der Waals surface area contributed by atoms with E-state index < -0.39 is 23.7 Å². The summed E-state index contributed by atoms with van der Waals surface area (Å²) in [6, 6.07) is 9.17. The standard InChI is InChI=1S/C18H18FNO5/c1-24-13-7-8-14(16(9-13)25-2)18(23)20-15(10-17(21)22)11-3-5-12(19)6-4-11/h3-9,15H,10H2,1-2H3,(H,20,23)(H,21,22)/t15-/m1/s1. The molecule has 25 heavy (non-hydrogen) atoms. The molecule has 2 rings (SSSR count). The first-order valence-electron chi connectivity index (χ1n) is 7.44. The van der Waals surface area contributed by atoms with Crippen molar-refractivity contribution in [2.45, 2.75) is 12.5 Å². The maximum Gasteiger partial charge on any atom is 0.305 e. The molecule has 2 aromatic carbocycles. The third kappa shape index (κ3) is 4.69. The Morgan fingerprint density at radius 1 is 1.12 bits per heavy atom. The molecular formula is C18H18FNO5. The number of hydrogen-bond acceptors (Lipinski definition) is 4. The molecule has 2 aromatic rings. The molecule has 0 radical (unpaired) electrons. The van der Waals surface area contributed by atoms with Crippen LogP contribution in [0, 0.1) is 5.82 Å². The normalized spacial score (nSPS) is 11.5. The first kappa shape index (κ1) is 18.3. The lowest BCUT2D eigenvalue weighted by Gasteiger charge is -2.18. The van der Waals surface area contributed by atoms with Gasteiger partial charge < -0.3 is 19.9 Å². The zero-order valence-corrected chi connectivity index (χ0v) is 13.8. The number of rotatable bonds is 7. The molecule has 6 nitrogen and oxygen atoms in total. The summed E-state index contributed by atoms with van der Waals surface area (Å²) in [4.78, 5) is 23.7. The van der Waals surface area contributed by atoms with Gasteiger partial charge in [0.2, 0.25) is 0 Å². The van der Waals surface area contributed by atoms with Gasteiger partial charge in [-0.05, 0) is 29.8 Å². The number of carboxylic acid groups (broad SMARTS) is 1. The molecule has 0 saturated heterocycles. The highest BCUT2D eigenvalue weighted by atomic mass is 19.1. The van der Waals surface area contributed by atoms with E-state index in [9.17, 15) is 14.0 Å². The van der Waals surface area contributed by atoms with Gasteiger partial charge >= 0.3 is 5.97 Å². The lowest BCUT2D eigenvalue weighted by molar-refractivity contribution is -0.137. The van der Waals surface area contributed by atoms with Crippen LogP contribution in [0.5, 0.6) is 11.5 Å². The molecule has 0 heterocycles. The molecule has 0 aromatic heterocycles. The van der Waals surface area contributed by atoms with Crippen molar-refractivity contribution in [1.29, 1.82) is 0 Å². The van der Waals surface area contributed by atoms with Gasteiger partial charge in [-0.15, -0.1) is 0 Å². The van der Waals surface area contributed by atoms with Gasteiger partial charge in [0.25, 0.3) is 5.91 Å². The van der Waals surface area contributed by atoms with Crippen LogP contribution in [-0.2, 0) is 4.79 Å². The highest BCUT2D eigenvalue weighted by Crippen LogP contribution is 2.26. The van der Waals surface area contributed by atoms with Gasteiger partial charge in [0, 0.05) is 6.07 Å². The van der Waals surface area contributed by atoms with E-state index in [2.05, 4.69) is 5.32 Å². The number of amides is 1. The Labute approximate surface area is 144 Å². The molecule has 1 atom stereocenters. The lowest BCUT2D eigenvalue weighted by Crippen LogP contribution is -2.30. The van der Waals surface area contributed by atoms with Crippen LogP contribution in [-0.4, -0.2) is 31.2 Å². The van der Waals surface area contributed by atoms with E-state index in [1.54, 1.807) is 12.1 Å². The van der Waals surface area contributed by atoms with Gasteiger partial charge in [0.1, 0.15) is 17.3 Å². The molecular weight excluding hydrogens is 329 g/mol. The fraction of sp³-hybridized carbons (Fsp3) is 0.222. The highest BCUT2D eigenvalue weighted by molar-refractivity contribution is 5.97. The Hall–Kier alpha value is -3.09. The summed E-state index contributed by atoms with van der Waals surface area (Å²) in [7, 11) is 2.91. The molecule has 0 unspecified atom stereocenters. The number of carbonyl (C=O) groups is 2. The largest absolute Gasteiger partial charge is 0.497 e. The van der Waals surface area contributed by atoms with Crippen molar-refractivity contribution in [3.8, 4) is 11.5 Å². The average Bonchev–Trinajstić information content (AvgIpc) is 2.60. The first-order valence-corrected chi connectivity index (χ1v) is 7.44. The molecule has 0 bridgehead atoms. The Morgan fingerprint density at radius 2 is 1.80 bits per heavy atom. The van der Waals surface area contributed by atoms with Crippen LogP contribution >= 0.6 is 0 Å². The van der Waals surface area contributed by atoms with Gasteiger partial charge in [0.15, 0.2) is 0 Å². The van der Waals surface area contributed by atoms with Crippen molar-refractivity contribution < 1.29 is 28.6 Å². The van der Waals surface area contributed by atoms with E-state index >= 15 is 0 Å². The van der Waals surface area contributed by atoms with Crippen molar-refractivity contribution in [3.05, 3.63) is 59.4 Å². The van der Waals surface area contributed by atoms with Crippen LogP contribution in [0.25, 0.3) is 0 Å². The first-order chi connectivity index (χ1) is 11.9. The zero-order chi connectivity index (χ0) is 18.4. The summed E-state index contributed by atoms with van der Waals surface area (Å²) in [6.07, 6.45) is -0.337. The summed E-state index contributed by atoms with van der Waals surface area (Å²) in [5.41, 5.74) is 0.727. The molecule has 0 spiro atoms. The van der Waals surface area contributed by atoms with Crippen LogP contribution in [0.15, 0.2) is 42.5 Å². The highest BCUT2D eigenvalue weighted by Gasteiger charge is 2.21. The van der Waals surface area contributed by atoms with Crippen molar-refractivity contribution in [3.63, 3.8) is 0 Å². The van der Waals surface area contributed by atoms with Crippen molar-refractivity contribution in [2.75, 3.05) is 14.2 Å². The number of carbonyl (C=O) groups excluding carboxylic acids is 1. The second-order valence-electron chi connectivity index (χ2n) is 5.24. The predicted molar refractivity (Wildman–Crippen MR) is 88.4 cm³/mol.